The molecule has 0 aliphatic heterocycles. The van der Waals surface area contributed by atoms with Gasteiger partial charge in [0.05, 0.1) is 0 Å². The zero-order chi connectivity index (χ0) is 11.1. The van der Waals surface area contributed by atoms with Crippen LogP contribution in [0.15, 0.2) is 30.3 Å². The van der Waals surface area contributed by atoms with Crippen molar-refractivity contribution in [3.05, 3.63) is 35.9 Å². The van der Waals surface area contributed by atoms with Crippen molar-refractivity contribution in [1.29, 1.82) is 0 Å². The van der Waals surface area contributed by atoms with E-state index in [0.29, 0.717) is 11.8 Å². The largest absolute Gasteiger partial charge is 0.396 e. The predicted molar refractivity (Wildman–Crippen MR) is 64.0 cm³/mol. The molecular weight excluding hydrogens is 186 g/mol. The summed E-state index contributed by atoms with van der Waals surface area (Å²) >= 11 is 0. The minimum atomic E-state index is 0.262. The van der Waals surface area contributed by atoms with Crippen LogP contribution in [-0.4, -0.2) is 25.3 Å². The molecular formula is C13H21NO. The number of nitrogens with one attached hydrogen (secondary N) is 1. The summed E-state index contributed by atoms with van der Waals surface area (Å²) in [5.74, 6) is 0.768. The molecule has 0 radical (unpaired) electrons. The molecule has 15 heavy (non-hydrogen) atoms. The molecule has 2 nitrogen and oxygen atoms in total. The Hall–Kier alpha value is -0.860. The summed E-state index contributed by atoms with van der Waals surface area (Å²) in [7, 11) is 1.95. The van der Waals surface area contributed by atoms with Gasteiger partial charge >= 0.3 is 0 Å². The van der Waals surface area contributed by atoms with E-state index in [9.17, 15) is 5.11 Å². The van der Waals surface area contributed by atoms with E-state index >= 15 is 0 Å². The Morgan fingerprint density at radius 1 is 1.27 bits per heavy atom. The summed E-state index contributed by atoms with van der Waals surface area (Å²) in [6, 6.07) is 10.4. The highest BCUT2D eigenvalue weighted by atomic mass is 16.3. The van der Waals surface area contributed by atoms with Crippen molar-refractivity contribution in [3.8, 4) is 0 Å². The molecule has 0 heterocycles. The summed E-state index contributed by atoms with van der Waals surface area (Å²) in [5, 5.41) is 12.5. The van der Waals surface area contributed by atoms with Crippen LogP contribution in [0.2, 0.25) is 0 Å². The lowest BCUT2D eigenvalue weighted by Crippen LogP contribution is -2.20. The maximum absolute atomic E-state index is 9.36. The molecule has 2 N–H and O–H groups in total. The highest BCUT2D eigenvalue weighted by Gasteiger charge is 2.17. The minimum absolute atomic E-state index is 0.262. The predicted octanol–water partition coefficient (Wildman–Crippen LogP) is 2.01. The standard InChI is InChI=1S/C13H21NO/c1-11(12-6-4-3-5-7-12)13(10-15)8-9-14-2/h3-7,11,13-15H,8-10H2,1-2H3. The maximum Gasteiger partial charge on any atom is 0.0465 e. The average Bonchev–Trinajstić information content (AvgIpc) is 2.31. The molecule has 1 aromatic carbocycles. The fourth-order valence-electron chi connectivity index (χ4n) is 1.86. The van der Waals surface area contributed by atoms with E-state index in [-0.39, 0.29) is 6.61 Å². The first-order valence-corrected chi connectivity index (χ1v) is 5.60. The fourth-order valence-corrected chi connectivity index (χ4v) is 1.86. The molecule has 0 amide bonds. The van der Waals surface area contributed by atoms with Crippen LogP contribution >= 0.6 is 0 Å². The zero-order valence-corrected chi connectivity index (χ0v) is 9.61. The normalized spacial score (nSPS) is 14.9. The van der Waals surface area contributed by atoms with Crippen LogP contribution in [0, 0.1) is 5.92 Å². The number of rotatable bonds is 6. The molecule has 2 heteroatoms. The van der Waals surface area contributed by atoms with Gasteiger partial charge in [-0.05, 0) is 37.4 Å². The Bertz CT molecular complexity index is 260. The first kappa shape index (κ1) is 12.2. The van der Waals surface area contributed by atoms with Gasteiger partial charge in [-0.3, -0.25) is 0 Å². The minimum Gasteiger partial charge on any atom is -0.396 e. The third kappa shape index (κ3) is 3.65. The van der Waals surface area contributed by atoms with Crippen LogP contribution in [-0.2, 0) is 0 Å². The van der Waals surface area contributed by atoms with Crippen molar-refractivity contribution in [2.75, 3.05) is 20.2 Å². The Morgan fingerprint density at radius 3 is 2.47 bits per heavy atom. The van der Waals surface area contributed by atoms with Crippen LogP contribution in [0.3, 0.4) is 0 Å². The third-order valence-electron chi connectivity index (χ3n) is 3.03. The highest BCUT2D eigenvalue weighted by molar-refractivity contribution is 5.19. The van der Waals surface area contributed by atoms with Gasteiger partial charge in [0.15, 0.2) is 0 Å². The van der Waals surface area contributed by atoms with Gasteiger partial charge in [0.2, 0.25) is 0 Å². The molecule has 2 unspecified atom stereocenters. The van der Waals surface area contributed by atoms with Gasteiger partial charge in [0, 0.05) is 6.61 Å². The molecule has 0 aromatic heterocycles. The van der Waals surface area contributed by atoms with Gasteiger partial charge in [-0.25, -0.2) is 0 Å². The van der Waals surface area contributed by atoms with Crippen LogP contribution in [0.1, 0.15) is 24.8 Å². The van der Waals surface area contributed by atoms with E-state index in [1.165, 1.54) is 5.56 Å². The second kappa shape index (κ2) is 6.59. The second-order valence-corrected chi connectivity index (χ2v) is 4.03. The second-order valence-electron chi connectivity index (χ2n) is 4.03. The Labute approximate surface area is 92.3 Å². The number of hydrogen-bond donors (Lipinski definition) is 2. The van der Waals surface area contributed by atoms with E-state index in [1.807, 2.05) is 13.1 Å². The Morgan fingerprint density at radius 2 is 1.93 bits per heavy atom. The lowest BCUT2D eigenvalue weighted by molar-refractivity contribution is 0.200. The number of benzene rings is 1. The van der Waals surface area contributed by atoms with Gasteiger partial charge in [-0.15, -0.1) is 0 Å². The molecule has 0 saturated heterocycles. The van der Waals surface area contributed by atoms with Crippen molar-refractivity contribution in [2.24, 2.45) is 5.92 Å². The fraction of sp³-hybridized carbons (Fsp3) is 0.538. The van der Waals surface area contributed by atoms with Crippen molar-refractivity contribution >= 4 is 0 Å². The Kier molecular flexibility index (Phi) is 5.37. The van der Waals surface area contributed by atoms with Crippen LogP contribution in [0.4, 0.5) is 0 Å². The van der Waals surface area contributed by atoms with Crippen LogP contribution in [0.25, 0.3) is 0 Å². The first-order chi connectivity index (χ1) is 7.29. The number of aliphatic hydroxyl groups is 1. The highest BCUT2D eigenvalue weighted by Crippen LogP contribution is 2.25. The monoisotopic (exact) mass is 207 g/mol. The molecule has 0 spiro atoms. The van der Waals surface area contributed by atoms with Gasteiger partial charge in [-0.2, -0.15) is 0 Å². The molecule has 0 aliphatic carbocycles. The van der Waals surface area contributed by atoms with Crippen LogP contribution in [0.5, 0.6) is 0 Å². The third-order valence-corrected chi connectivity index (χ3v) is 3.03. The summed E-state index contributed by atoms with van der Waals surface area (Å²) in [5.41, 5.74) is 1.31. The molecule has 1 aromatic rings. The van der Waals surface area contributed by atoms with Crippen molar-refractivity contribution in [1.82, 2.24) is 5.32 Å². The van der Waals surface area contributed by atoms with Gasteiger partial charge in [0.25, 0.3) is 0 Å². The molecule has 1 rings (SSSR count). The van der Waals surface area contributed by atoms with E-state index in [0.717, 1.165) is 13.0 Å². The summed E-state index contributed by atoms with van der Waals surface area (Å²) in [6.45, 7) is 3.41. The van der Waals surface area contributed by atoms with Crippen LogP contribution < -0.4 is 5.32 Å². The first-order valence-electron chi connectivity index (χ1n) is 5.60. The van der Waals surface area contributed by atoms with Gasteiger partial charge in [-0.1, -0.05) is 37.3 Å². The van der Waals surface area contributed by atoms with Crippen molar-refractivity contribution in [2.45, 2.75) is 19.3 Å². The summed E-state index contributed by atoms with van der Waals surface area (Å²) in [4.78, 5) is 0. The summed E-state index contributed by atoms with van der Waals surface area (Å²) < 4.78 is 0. The lowest BCUT2D eigenvalue weighted by atomic mass is 9.86. The molecule has 2 atom stereocenters. The number of hydrogen-bond acceptors (Lipinski definition) is 2. The molecule has 0 saturated carbocycles. The lowest BCUT2D eigenvalue weighted by Gasteiger charge is -2.22. The topological polar surface area (TPSA) is 32.3 Å². The molecule has 0 fully saturated rings. The van der Waals surface area contributed by atoms with E-state index in [2.05, 4.69) is 36.5 Å². The zero-order valence-electron chi connectivity index (χ0n) is 9.61. The van der Waals surface area contributed by atoms with E-state index in [1.54, 1.807) is 0 Å². The SMILES string of the molecule is CNCCC(CO)C(C)c1ccccc1. The van der Waals surface area contributed by atoms with Crippen molar-refractivity contribution in [3.63, 3.8) is 0 Å². The quantitative estimate of drug-likeness (QED) is 0.748. The van der Waals surface area contributed by atoms with E-state index in [4.69, 9.17) is 0 Å². The molecule has 84 valence electrons. The van der Waals surface area contributed by atoms with Gasteiger partial charge in [0.1, 0.15) is 0 Å². The molecule has 0 bridgehead atoms. The van der Waals surface area contributed by atoms with Gasteiger partial charge < -0.3 is 10.4 Å². The summed E-state index contributed by atoms with van der Waals surface area (Å²) in [6.07, 6.45) is 1.02. The Balaban J connectivity index is 2.60. The smallest absolute Gasteiger partial charge is 0.0465 e. The maximum atomic E-state index is 9.36. The number of aliphatic hydroxyl groups excluding tert-OH is 1. The molecule has 0 aliphatic rings. The van der Waals surface area contributed by atoms with Crippen molar-refractivity contribution < 1.29 is 5.11 Å². The average molecular weight is 207 g/mol. The van der Waals surface area contributed by atoms with E-state index < -0.39 is 0 Å².